The molecule has 0 spiro atoms. The van der Waals surface area contributed by atoms with Gasteiger partial charge in [-0.25, -0.2) is 4.98 Å². The predicted molar refractivity (Wildman–Crippen MR) is 231 cm³/mol. The molecule has 1 aromatic carbocycles. The average molecular weight is 887 g/mol. The lowest BCUT2D eigenvalue weighted by molar-refractivity contribution is -0.314. The van der Waals surface area contributed by atoms with Gasteiger partial charge in [0.25, 0.3) is 0 Å². The number of halogens is 1. The van der Waals surface area contributed by atoms with Gasteiger partial charge in [0.15, 0.2) is 23.5 Å². The van der Waals surface area contributed by atoms with Crippen LogP contribution in [-0.2, 0) is 47.5 Å². The van der Waals surface area contributed by atoms with Gasteiger partial charge in [-0.05, 0) is 113 Å². The summed E-state index contributed by atoms with van der Waals surface area (Å²) in [6, 6.07) is 6.40. The first kappa shape index (κ1) is 44.0. The van der Waals surface area contributed by atoms with E-state index in [-0.39, 0.29) is 103 Å². The van der Waals surface area contributed by atoms with Crippen LogP contribution in [0.25, 0.3) is 10.2 Å². The van der Waals surface area contributed by atoms with Crippen molar-refractivity contribution in [3.63, 3.8) is 0 Å². The van der Waals surface area contributed by atoms with Crippen molar-refractivity contribution in [3.05, 3.63) is 34.9 Å². The predicted octanol–water partition coefficient (Wildman–Crippen LogP) is 6.72. The first-order valence-corrected chi connectivity index (χ1v) is 23.9. The number of Topliss-reactive ketones (excluding diaryl/α,β-unsaturated/α-hetero) is 1. The van der Waals surface area contributed by atoms with Gasteiger partial charge in [-0.15, -0.1) is 0 Å². The Bertz CT molecular complexity index is 1930. The number of allylic oxidation sites excluding steroid dienone is 2. The maximum absolute atomic E-state index is 15.1. The molecule has 1 N–H and O–H groups in total. The summed E-state index contributed by atoms with van der Waals surface area (Å²) in [7, 11) is 6.95. The summed E-state index contributed by atoms with van der Waals surface area (Å²) in [5, 5.41) is 4.94. The number of cyclic esters (lactones) is 1. The van der Waals surface area contributed by atoms with Crippen molar-refractivity contribution in [2.45, 2.75) is 152 Å². The van der Waals surface area contributed by atoms with Crippen LogP contribution in [0, 0.1) is 35.5 Å². The summed E-state index contributed by atoms with van der Waals surface area (Å²) >= 11 is 8.11. The van der Waals surface area contributed by atoms with E-state index in [9.17, 15) is 4.79 Å². The number of nitrogens with zero attached hydrogens (tertiary/aromatic N) is 2. The number of hydrogen-bond donors (Lipinski definition) is 1. The molecule has 0 amide bonds. The molecule has 4 aliphatic heterocycles. The molecule has 5 heterocycles. The SMILES string of the molecule is CC[C@H]1CCC[C@H](O[C@H]2CC[C@H](NC)CO2)[C@@H](C)C(=O)C2=C[C@H]3[C@@H]4C[C@H](O[C@@H]5OC(C)[C@H](OC)C(OC)[C@@H]5OC)C[C@H]4[C@H]4[C@@H]([C@H]3[C@@H]2CC(=O)O1)N4c1nc2ccc(Cl)cc2s1. The fourth-order valence-corrected chi connectivity index (χ4v) is 13.6. The summed E-state index contributed by atoms with van der Waals surface area (Å²) < 4.78 is 51.3. The number of ether oxygens (including phenoxy) is 8. The molecule has 9 rings (SSSR count). The van der Waals surface area contributed by atoms with Crippen LogP contribution in [0.15, 0.2) is 29.8 Å². The van der Waals surface area contributed by atoms with E-state index in [1.54, 1.807) is 32.7 Å². The lowest BCUT2D eigenvalue weighted by Crippen LogP contribution is -2.59. The average Bonchev–Trinajstić information content (AvgIpc) is 3.49. The number of fused-ring (bicyclic) bond motifs is 9. The van der Waals surface area contributed by atoms with Crippen molar-refractivity contribution in [1.29, 1.82) is 0 Å². The monoisotopic (exact) mass is 885 g/mol. The zero-order chi connectivity index (χ0) is 42.7. The summed E-state index contributed by atoms with van der Waals surface area (Å²) in [6.07, 6.45) is 5.63. The Balaban J connectivity index is 1.05. The molecule has 2 aromatic rings. The minimum Gasteiger partial charge on any atom is -0.462 e. The molecular weight excluding hydrogens is 822 g/mol. The zero-order valence-corrected chi connectivity index (χ0v) is 38.1. The van der Waals surface area contributed by atoms with Crippen LogP contribution in [-0.4, -0.2) is 125 Å². The van der Waals surface area contributed by atoms with E-state index in [1.165, 1.54) is 0 Å². The number of aromatic nitrogens is 1. The molecule has 18 atom stereocenters. The van der Waals surface area contributed by atoms with E-state index >= 15 is 4.79 Å². The Labute approximate surface area is 368 Å². The molecule has 4 saturated heterocycles. The van der Waals surface area contributed by atoms with Gasteiger partial charge in [-0.2, -0.15) is 0 Å². The highest BCUT2D eigenvalue weighted by atomic mass is 35.5. The van der Waals surface area contributed by atoms with E-state index in [2.05, 4.69) is 23.2 Å². The van der Waals surface area contributed by atoms with Gasteiger partial charge < -0.3 is 48.1 Å². The molecule has 0 radical (unpaired) electrons. The fraction of sp³-hybridized carbons (Fsp3) is 0.761. The Hall–Kier alpha value is -2.24. The molecule has 15 heteroatoms. The van der Waals surface area contributed by atoms with Gasteiger partial charge in [-0.3, -0.25) is 9.59 Å². The number of rotatable bonds is 10. The lowest BCUT2D eigenvalue weighted by atomic mass is 9.66. The third-order valence-corrected chi connectivity index (χ3v) is 16.6. The Morgan fingerprint density at radius 1 is 0.967 bits per heavy atom. The van der Waals surface area contributed by atoms with Crippen LogP contribution in [0.2, 0.25) is 5.02 Å². The minimum atomic E-state index is -0.646. The number of ketones is 1. The number of anilines is 1. The Morgan fingerprint density at radius 2 is 1.75 bits per heavy atom. The van der Waals surface area contributed by atoms with Gasteiger partial charge in [0.1, 0.15) is 24.4 Å². The van der Waals surface area contributed by atoms with Crippen LogP contribution in [0.4, 0.5) is 5.13 Å². The number of hydrogen-bond acceptors (Lipinski definition) is 14. The molecule has 61 heavy (non-hydrogen) atoms. The normalized spacial score (nSPS) is 42.8. The first-order valence-electron chi connectivity index (χ1n) is 22.7. The summed E-state index contributed by atoms with van der Waals surface area (Å²) in [6.45, 7) is 6.65. The third kappa shape index (κ3) is 8.34. The van der Waals surface area contributed by atoms with Crippen LogP contribution in [0.1, 0.15) is 78.6 Å². The number of benzene rings is 1. The lowest BCUT2D eigenvalue weighted by Gasteiger charge is -2.44. The Kier molecular flexibility index (Phi) is 13.2. The number of carbonyl (C=O) groups is 2. The minimum absolute atomic E-state index is 0.0138. The smallest absolute Gasteiger partial charge is 0.306 e. The highest BCUT2D eigenvalue weighted by molar-refractivity contribution is 7.22. The number of nitrogens with one attached hydrogen (secondary N) is 1. The summed E-state index contributed by atoms with van der Waals surface area (Å²) in [5.41, 5.74) is 1.67. The van der Waals surface area contributed by atoms with Gasteiger partial charge in [-0.1, -0.05) is 42.9 Å². The standard InChI is InChI=1S/C46H64ClN3O10S/c1-8-26-10-9-11-34(60-37-15-13-25(48-4)21-56-37)22(2)41(52)32-19-29-28-17-27(59-45-44(55-7)43(54-6)42(53-5)23(3)57-45)18-31(28)39-40(38(29)30(32)20-36(51)58-26)50(39)46-49-33-14-12-24(47)16-35(33)61-46/h12,14,16,19,22-23,25-31,34,37-40,42-45,48H,8-11,13,15,17-18,20-21H2,1-7H3/t22-,23?,25+,26+,27+,28+,29+,30-,31-,34+,37+,38-,39+,40-,42+,43?,44+,45+,50?/m1/s1. The van der Waals surface area contributed by atoms with E-state index in [0.29, 0.717) is 24.1 Å². The number of thiazole rings is 1. The summed E-state index contributed by atoms with van der Waals surface area (Å²) in [5.74, 6) is -0.329. The molecule has 13 nitrogen and oxygen atoms in total. The fourth-order valence-electron chi connectivity index (χ4n) is 12.2. The maximum atomic E-state index is 15.1. The van der Waals surface area contributed by atoms with E-state index < -0.39 is 18.3 Å². The number of methoxy groups -OCH3 is 3. The molecule has 1 aromatic heterocycles. The van der Waals surface area contributed by atoms with Gasteiger partial charge in [0.05, 0.1) is 53.6 Å². The van der Waals surface area contributed by atoms with Gasteiger partial charge in [0, 0.05) is 44.2 Å². The van der Waals surface area contributed by atoms with Crippen molar-refractivity contribution in [2.75, 3.05) is 39.9 Å². The number of carbonyl (C=O) groups excluding carboxylic acids is 2. The zero-order valence-electron chi connectivity index (χ0n) is 36.5. The second-order valence-electron chi connectivity index (χ2n) is 18.6. The molecule has 2 unspecified atom stereocenters. The van der Waals surface area contributed by atoms with Crippen LogP contribution < -0.4 is 10.2 Å². The molecule has 6 fully saturated rings. The third-order valence-electron chi connectivity index (χ3n) is 15.3. The second-order valence-corrected chi connectivity index (χ2v) is 20.0. The quantitative estimate of drug-likeness (QED) is 0.200. The van der Waals surface area contributed by atoms with Crippen LogP contribution in [0.5, 0.6) is 0 Å². The largest absolute Gasteiger partial charge is 0.462 e. The summed E-state index contributed by atoms with van der Waals surface area (Å²) in [4.78, 5) is 36.8. The number of esters is 1. The van der Waals surface area contributed by atoms with Gasteiger partial charge >= 0.3 is 5.97 Å². The molecular formula is C46H64ClN3O10S. The molecule has 3 aliphatic carbocycles. The van der Waals surface area contributed by atoms with E-state index in [1.807, 2.05) is 39.1 Å². The topological polar surface area (TPSA) is 136 Å². The van der Waals surface area contributed by atoms with Crippen molar-refractivity contribution in [2.24, 2.45) is 35.5 Å². The highest BCUT2D eigenvalue weighted by Gasteiger charge is 2.70. The Morgan fingerprint density at radius 3 is 2.48 bits per heavy atom. The van der Waals surface area contributed by atoms with Crippen LogP contribution >= 0.6 is 22.9 Å². The molecule has 2 saturated carbocycles. The number of likely N-dealkylation sites (N-methyl/N-ethyl adjacent to an activating group) is 1. The second kappa shape index (κ2) is 18.3. The van der Waals surface area contributed by atoms with E-state index in [0.717, 1.165) is 65.9 Å². The van der Waals surface area contributed by atoms with Crippen molar-refractivity contribution in [1.82, 2.24) is 10.3 Å². The van der Waals surface area contributed by atoms with E-state index in [4.69, 9.17) is 54.5 Å². The first-order chi connectivity index (χ1) is 29.5. The highest BCUT2D eigenvalue weighted by Crippen LogP contribution is 2.65. The molecule has 7 aliphatic rings. The maximum Gasteiger partial charge on any atom is 0.306 e. The molecule has 0 bridgehead atoms. The van der Waals surface area contributed by atoms with Crippen molar-refractivity contribution < 1.29 is 47.5 Å². The van der Waals surface area contributed by atoms with Crippen LogP contribution in [0.3, 0.4) is 0 Å². The van der Waals surface area contributed by atoms with Crippen molar-refractivity contribution >= 4 is 50.0 Å². The van der Waals surface area contributed by atoms with Gasteiger partial charge in [0.2, 0.25) is 0 Å². The van der Waals surface area contributed by atoms with Crippen molar-refractivity contribution in [3.8, 4) is 0 Å². The molecule has 336 valence electrons.